The Morgan fingerprint density at radius 2 is 1.74 bits per heavy atom. The molecular formula is C25H32N4O2. The van der Waals surface area contributed by atoms with Crippen molar-refractivity contribution < 1.29 is 4.79 Å². The van der Waals surface area contributed by atoms with Crippen LogP contribution in [0, 0.1) is 11.8 Å². The summed E-state index contributed by atoms with van der Waals surface area (Å²) in [5.41, 5.74) is 8.28. The van der Waals surface area contributed by atoms with Crippen LogP contribution in [0.25, 0.3) is 10.9 Å². The van der Waals surface area contributed by atoms with E-state index in [1.807, 2.05) is 12.1 Å². The number of nitrogens with one attached hydrogen (secondary N) is 1. The minimum absolute atomic E-state index is 0.0819. The van der Waals surface area contributed by atoms with Crippen molar-refractivity contribution in [3.05, 3.63) is 75.8 Å². The molecule has 1 aromatic heterocycles. The zero-order chi connectivity index (χ0) is 22.5. The van der Waals surface area contributed by atoms with Crippen molar-refractivity contribution in [2.24, 2.45) is 17.6 Å². The summed E-state index contributed by atoms with van der Waals surface area (Å²) in [4.78, 5) is 29.2. The molecule has 0 aliphatic heterocycles. The van der Waals surface area contributed by atoms with E-state index in [1.54, 1.807) is 12.1 Å². The van der Waals surface area contributed by atoms with Crippen molar-refractivity contribution in [2.75, 3.05) is 0 Å². The summed E-state index contributed by atoms with van der Waals surface area (Å²) >= 11 is 0. The van der Waals surface area contributed by atoms with E-state index in [1.165, 1.54) is 15.7 Å². The van der Waals surface area contributed by atoms with Gasteiger partial charge in [-0.1, -0.05) is 64.1 Å². The second-order valence-corrected chi connectivity index (χ2v) is 8.84. The Labute approximate surface area is 183 Å². The molecule has 31 heavy (non-hydrogen) atoms. The number of amides is 1. The highest BCUT2D eigenvalue weighted by molar-refractivity contribution is 5.78. The number of nitrogens with zero attached hydrogens (tertiary/aromatic N) is 2. The van der Waals surface area contributed by atoms with Crippen LogP contribution in [0.2, 0.25) is 0 Å². The van der Waals surface area contributed by atoms with Gasteiger partial charge in [-0.3, -0.25) is 14.2 Å². The highest BCUT2D eigenvalue weighted by Crippen LogP contribution is 2.23. The van der Waals surface area contributed by atoms with Gasteiger partial charge >= 0.3 is 0 Å². The van der Waals surface area contributed by atoms with Crippen molar-refractivity contribution in [2.45, 2.75) is 53.2 Å². The van der Waals surface area contributed by atoms with Gasteiger partial charge in [0.05, 0.1) is 17.4 Å². The molecule has 0 spiro atoms. The predicted molar refractivity (Wildman–Crippen MR) is 125 cm³/mol. The fourth-order valence-electron chi connectivity index (χ4n) is 3.94. The standard InChI is InChI=1S/C25H32N4O2/c1-16(2)13-18-9-11-19(12-10-18)24(17(3)4)27-14-23-28-21-8-6-5-7-20(21)25(31)29(23)15-22(26)30/h5-12,16-17,24,27H,13-15H2,1-4H3,(H2,26,30)/t24-/m0/s1. The lowest BCUT2D eigenvalue weighted by molar-refractivity contribution is -0.118. The topological polar surface area (TPSA) is 90.0 Å². The molecule has 2 aromatic carbocycles. The van der Waals surface area contributed by atoms with Crippen molar-refractivity contribution in [3.63, 3.8) is 0 Å². The number of benzene rings is 2. The molecule has 0 fully saturated rings. The lowest BCUT2D eigenvalue weighted by Gasteiger charge is -2.24. The number of hydrogen-bond donors (Lipinski definition) is 2. The van der Waals surface area contributed by atoms with Gasteiger partial charge in [0.15, 0.2) is 0 Å². The Kier molecular flexibility index (Phi) is 7.23. The molecule has 6 nitrogen and oxygen atoms in total. The molecule has 6 heteroatoms. The van der Waals surface area contributed by atoms with E-state index in [-0.39, 0.29) is 18.1 Å². The summed E-state index contributed by atoms with van der Waals surface area (Å²) in [5.74, 6) is 0.879. The highest BCUT2D eigenvalue weighted by atomic mass is 16.2. The number of primary amides is 1. The number of aromatic nitrogens is 2. The van der Waals surface area contributed by atoms with Crippen molar-refractivity contribution in [3.8, 4) is 0 Å². The molecule has 0 bridgehead atoms. The Hall–Kier alpha value is -2.99. The first-order valence-electron chi connectivity index (χ1n) is 10.8. The molecule has 0 saturated carbocycles. The molecule has 3 aromatic rings. The number of nitrogens with two attached hydrogens (primary N) is 1. The number of para-hydroxylation sites is 1. The normalized spacial score (nSPS) is 12.6. The van der Waals surface area contributed by atoms with Crippen molar-refractivity contribution in [1.29, 1.82) is 0 Å². The molecule has 3 N–H and O–H groups in total. The third kappa shape index (κ3) is 5.58. The van der Waals surface area contributed by atoms with E-state index >= 15 is 0 Å². The van der Waals surface area contributed by atoms with Crippen LogP contribution in [0.3, 0.4) is 0 Å². The number of rotatable bonds is 9. The fraction of sp³-hybridized carbons (Fsp3) is 0.400. The first-order valence-corrected chi connectivity index (χ1v) is 10.8. The van der Waals surface area contributed by atoms with E-state index in [0.29, 0.717) is 35.1 Å². The smallest absolute Gasteiger partial charge is 0.261 e. The van der Waals surface area contributed by atoms with E-state index < -0.39 is 5.91 Å². The highest BCUT2D eigenvalue weighted by Gasteiger charge is 2.18. The third-order valence-corrected chi connectivity index (χ3v) is 5.38. The monoisotopic (exact) mass is 420 g/mol. The zero-order valence-electron chi connectivity index (χ0n) is 18.8. The van der Waals surface area contributed by atoms with Gasteiger partial charge in [0, 0.05) is 6.04 Å². The minimum Gasteiger partial charge on any atom is -0.368 e. The van der Waals surface area contributed by atoms with Crippen LogP contribution >= 0.6 is 0 Å². The van der Waals surface area contributed by atoms with Gasteiger partial charge < -0.3 is 11.1 Å². The number of carbonyl (C=O) groups is 1. The Balaban J connectivity index is 1.89. The third-order valence-electron chi connectivity index (χ3n) is 5.38. The first kappa shape index (κ1) is 22.7. The van der Waals surface area contributed by atoms with E-state index in [0.717, 1.165) is 6.42 Å². The fourth-order valence-corrected chi connectivity index (χ4v) is 3.94. The SMILES string of the molecule is CC(C)Cc1ccc([C@@H](NCc2nc3ccccc3c(=O)n2CC(N)=O)C(C)C)cc1. The summed E-state index contributed by atoms with van der Waals surface area (Å²) in [6.07, 6.45) is 1.06. The molecular weight excluding hydrogens is 388 g/mol. The summed E-state index contributed by atoms with van der Waals surface area (Å²) in [7, 11) is 0. The zero-order valence-corrected chi connectivity index (χ0v) is 18.8. The summed E-state index contributed by atoms with van der Waals surface area (Å²) < 4.78 is 1.38. The largest absolute Gasteiger partial charge is 0.368 e. The molecule has 1 heterocycles. The van der Waals surface area contributed by atoms with Gasteiger partial charge in [-0.2, -0.15) is 0 Å². The molecule has 0 unspecified atom stereocenters. The Morgan fingerprint density at radius 1 is 1.06 bits per heavy atom. The van der Waals surface area contributed by atoms with Gasteiger partial charge in [0.1, 0.15) is 12.4 Å². The van der Waals surface area contributed by atoms with Crippen LogP contribution in [-0.4, -0.2) is 15.5 Å². The Morgan fingerprint density at radius 3 is 2.35 bits per heavy atom. The van der Waals surface area contributed by atoms with E-state index in [4.69, 9.17) is 5.73 Å². The number of carbonyl (C=O) groups excluding carboxylic acids is 1. The van der Waals surface area contributed by atoms with Gasteiger partial charge in [0.2, 0.25) is 5.91 Å². The quantitative estimate of drug-likeness (QED) is 0.554. The van der Waals surface area contributed by atoms with Crippen LogP contribution in [0.15, 0.2) is 53.3 Å². The Bertz CT molecular complexity index is 1100. The molecule has 3 rings (SSSR count). The molecule has 1 amide bonds. The first-order chi connectivity index (χ1) is 14.8. The maximum atomic E-state index is 12.9. The van der Waals surface area contributed by atoms with Gasteiger partial charge in [-0.15, -0.1) is 0 Å². The van der Waals surface area contributed by atoms with Crippen LogP contribution < -0.4 is 16.6 Å². The predicted octanol–water partition coefficient (Wildman–Crippen LogP) is 3.57. The molecule has 164 valence electrons. The summed E-state index contributed by atoms with van der Waals surface area (Å²) in [5, 5.41) is 4.02. The number of fused-ring (bicyclic) bond motifs is 1. The average molecular weight is 421 g/mol. The molecule has 0 saturated heterocycles. The maximum Gasteiger partial charge on any atom is 0.261 e. The molecule has 0 aliphatic carbocycles. The molecule has 0 radical (unpaired) electrons. The molecule has 0 aliphatic rings. The lowest BCUT2D eigenvalue weighted by Crippen LogP contribution is -2.34. The second-order valence-electron chi connectivity index (χ2n) is 8.84. The summed E-state index contributed by atoms with van der Waals surface area (Å²) in [6, 6.07) is 15.9. The van der Waals surface area contributed by atoms with Gasteiger partial charge in [-0.05, 0) is 41.5 Å². The van der Waals surface area contributed by atoms with Crippen molar-refractivity contribution >= 4 is 16.8 Å². The molecule has 1 atom stereocenters. The number of hydrogen-bond acceptors (Lipinski definition) is 4. The van der Waals surface area contributed by atoms with Gasteiger partial charge in [-0.25, -0.2) is 4.98 Å². The second kappa shape index (κ2) is 9.88. The van der Waals surface area contributed by atoms with Crippen LogP contribution in [-0.2, 0) is 24.3 Å². The average Bonchev–Trinajstić information content (AvgIpc) is 2.71. The van der Waals surface area contributed by atoms with Crippen molar-refractivity contribution in [1.82, 2.24) is 14.9 Å². The maximum absolute atomic E-state index is 12.9. The lowest BCUT2D eigenvalue weighted by atomic mass is 9.93. The minimum atomic E-state index is -0.568. The van der Waals surface area contributed by atoms with E-state index in [2.05, 4.69) is 62.3 Å². The van der Waals surface area contributed by atoms with Crippen LogP contribution in [0.5, 0.6) is 0 Å². The van der Waals surface area contributed by atoms with Crippen LogP contribution in [0.4, 0.5) is 0 Å². The summed E-state index contributed by atoms with van der Waals surface area (Å²) in [6.45, 7) is 8.91. The van der Waals surface area contributed by atoms with Crippen LogP contribution in [0.1, 0.15) is 50.7 Å². The van der Waals surface area contributed by atoms with E-state index in [9.17, 15) is 9.59 Å². The van der Waals surface area contributed by atoms with Gasteiger partial charge in [0.25, 0.3) is 5.56 Å².